The van der Waals surface area contributed by atoms with E-state index in [1.165, 1.54) is 0 Å². The molecule has 1 N–H and O–H groups in total. The van der Waals surface area contributed by atoms with Gasteiger partial charge in [-0.2, -0.15) is 0 Å². The van der Waals surface area contributed by atoms with Gasteiger partial charge in [-0.15, -0.1) is 0 Å². The molecule has 2 saturated heterocycles. The lowest BCUT2D eigenvalue weighted by Crippen LogP contribution is -2.45. The molecule has 0 aliphatic carbocycles. The van der Waals surface area contributed by atoms with E-state index in [-0.39, 0.29) is 5.91 Å². The molecule has 3 rings (SSSR count). The van der Waals surface area contributed by atoms with E-state index in [9.17, 15) is 4.79 Å². The van der Waals surface area contributed by atoms with Crippen LogP contribution in [-0.2, 0) is 4.79 Å². The van der Waals surface area contributed by atoms with Gasteiger partial charge < -0.3 is 15.0 Å². The Bertz CT molecular complexity index is 508. The van der Waals surface area contributed by atoms with Crippen molar-refractivity contribution in [2.75, 3.05) is 19.6 Å². The average molecular weight is 295 g/mol. The van der Waals surface area contributed by atoms with Crippen LogP contribution in [0, 0.1) is 5.92 Å². The minimum absolute atomic E-state index is 0.0705. The van der Waals surface area contributed by atoms with Crippen LogP contribution >= 0.6 is 11.6 Å². The highest BCUT2D eigenvalue weighted by molar-refractivity contribution is 6.30. The number of ether oxygens (including phenoxy) is 1. The van der Waals surface area contributed by atoms with Crippen LogP contribution in [0.1, 0.15) is 13.3 Å². The summed E-state index contributed by atoms with van der Waals surface area (Å²) in [6, 6.07) is 7.50. The first kappa shape index (κ1) is 13.7. The molecule has 2 aliphatic heterocycles. The number of benzene rings is 1. The summed E-state index contributed by atoms with van der Waals surface area (Å²) in [5, 5.41) is 3.97. The molecule has 0 spiro atoms. The lowest BCUT2D eigenvalue weighted by atomic mass is 10.1. The van der Waals surface area contributed by atoms with Gasteiger partial charge in [0, 0.05) is 30.7 Å². The average Bonchev–Trinajstić information content (AvgIpc) is 3.00. The molecule has 2 heterocycles. The third-order valence-electron chi connectivity index (χ3n) is 4.19. The van der Waals surface area contributed by atoms with Gasteiger partial charge in [-0.05, 0) is 37.5 Å². The third kappa shape index (κ3) is 2.63. The van der Waals surface area contributed by atoms with E-state index in [1.54, 1.807) is 19.1 Å². The molecular weight excluding hydrogens is 276 g/mol. The van der Waals surface area contributed by atoms with Crippen LogP contribution in [0.15, 0.2) is 24.3 Å². The Morgan fingerprint density at radius 2 is 2.35 bits per heavy atom. The Morgan fingerprint density at radius 1 is 1.50 bits per heavy atom. The fourth-order valence-electron chi connectivity index (χ4n) is 3.15. The first-order valence-electron chi connectivity index (χ1n) is 7.08. The van der Waals surface area contributed by atoms with E-state index in [4.69, 9.17) is 16.3 Å². The van der Waals surface area contributed by atoms with Crippen LogP contribution in [0.2, 0.25) is 5.02 Å². The summed E-state index contributed by atoms with van der Waals surface area (Å²) in [6.45, 7) is 4.58. The van der Waals surface area contributed by atoms with Crippen LogP contribution in [0.3, 0.4) is 0 Å². The standard InChI is InChI=1S/C15H19ClN2O2/c1-10(20-13-4-2-3-12(16)7-13)15(19)18-6-5-11-8-17-9-14(11)18/h2-4,7,10-11,14,17H,5-6,8-9H2,1H3/t10?,11-,14+/m0/s1. The minimum atomic E-state index is -0.479. The van der Waals surface area contributed by atoms with Gasteiger partial charge in [-0.25, -0.2) is 0 Å². The Labute approximate surface area is 124 Å². The topological polar surface area (TPSA) is 41.6 Å². The highest BCUT2D eigenvalue weighted by Crippen LogP contribution is 2.28. The van der Waals surface area contributed by atoms with Gasteiger partial charge in [0.2, 0.25) is 0 Å². The van der Waals surface area contributed by atoms with E-state index in [0.29, 0.717) is 22.7 Å². The van der Waals surface area contributed by atoms with E-state index >= 15 is 0 Å². The molecule has 0 bridgehead atoms. The van der Waals surface area contributed by atoms with Crippen LogP contribution in [0.5, 0.6) is 5.75 Å². The molecule has 2 aliphatic rings. The molecule has 0 aromatic heterocycles. The molecule has 108 valence electrons. The maximum Gasteiger partial charge on any atom is 0.263 e. The predicted octanol–water partition coefficient (Wildman–Crippen LogP) is 1.93. The summed E-state index contributed by atoms with van der Waals surface area (Å²) in [5.74, 6) is 1.32. The number of rotatable bonds is 3. The largest absolute Gasteiger partial charge is 0.481 e. The van der Waals surface area contributed by atoms with Gasteiger partial charge in [-0.1, -0.05) is 17.7 Å². The fraction of sp³-hybridized carbons (Fsp3) is 0.533. The molecule has 1 amide bonds. The number of hydrogen-bond acceptors (Lipinski definition) is 3. The second kappa shape index (κ2) is 5.62. The van der Waals surface area contributed by atoms with Gasteiger partial charge >= 0.3 is 0 Å². The first-order valence-corrected chi connectivity index (χ1v) is 7.46. The van der Waals surface area contributed by atoms with Crippen molar-refractivity contribution in [3.05, 3.63) is 29.3 Å². The summed E-state index contributed by atoms with van der Waals surface area (Å²) >= 11 is 5.92. The van der Waals surface area contributed by atoms with Gasteiger partial charge in [0.15, 0.2) is 6.10 Å². The molecular formula is C15H19ClN2O2. The van der Waals surface area contributed by atoms with Crippen molar-refractivity contribution in [2.45, 2.75) is 25.5 Å². The number of nitrogens with one attached hydrogen (secondary N) is 1. The van der Waals surface area contributed by atoms with Crippen LogP contribution < -0.4 is 10.1 Å². The predicted molar refractivity (Wildman–Crippen MR) is 78.0 cm³/mol. The maximum absolute atomic E-state index is 12.5. The molecule has 1 aromatic carbocycles. The number of halogens is 1. The first-order chi connectivity index (χ1) is 9.65. The molecule has 3 atom stereocenters. The number of carbonyl (C=O) groups excluding carboxylic acids is 1. The van der Waals surface area contributed by atoms with Crippen molar-refractivity contribution in [1.82, 2.24) is 10.2 Å². The zero-order valence-electron chi connectivity index (χ0n) is 11.5. The molecule has 2 fully saturated rings. The van der Waals surface area contributed by atoms with Crippen molar-refractivity contribution < 1.29 is 9.53 Å². The van der Waals surface area contributed by atoms with Crippen LogP contribution in [0.25, 0.3) is 0 Å². The number of likely N-dealkylation sites (tertiary alicyclic amines) is 1. The maximum atomic E-state index is 12.5. The molecule has 1 unspecified atom stereocenters. The van der Waals surface area contributed by atoms with E-state index < -0.39 is 6.10 Å². The fourth-order valence-corrected chi connectivity index (χ4v) is 3.33. The number of fused-ring (bicyclic) bond motifs is 1. The lowest BCUT2D eigenvalue weighted by molar-refractivity contribution is -0.138. The monoisotopic (exact) mass is 294 g/mol. The van der Waals surface area contributed by atoms with E-state index in [0.717, 1.165) is 26.1 Å². The molecule has 4 nitrogen and oxygen atoms in total. The number of hydrogen-bond donors (Lipinski definition) is 1. The summed E-state index contributed by atoms with van der Waals surface area (Å²) in [6.07, 6.45) is 0.612. The van der Waals surface area contributed by atoms with Gasteiger partial charge in [0.1, 0.15) is 5.75 Å². The van der Waals surface area contributed by atoms with Crippen LogP contribution in [0.4, 0.5) is 0 Å². The number of amides is 1. The third-order valence-corrected chi connectivity index (χ3v) is 4.42. The second-order valence-corrected chi connectivity index (χ2v) is 5.96. The SMILES string of the molecule is CC(Oc1cccc(Cl)c1)C(=O)N1CC[C@H]2CNC[C@H]21. The highest BCUT2D eigenvalue weighted by atomic mass is 35.5. The molecule has 0 radical (unpaired) electrons. The zero-order valence-corrected chi connectivity index (χ0v) is 12.3. The Hall–Kier alpha value is -1.26. The second-order valence-electron chi connectivity index (χ2n) is 5.52. The smallest absolute Gasteiger partial charge is 0.263 e. The summed E-state index contributed by atoms with van der Waals surface area (Å²) in [4.78, 5) is 14.5. The van der Waals surface area contributed by atoms with Gasteiger partial charge in [0.05, 0.1) is 0 Å². The molecule has 0 saturated carbocycles. The van der Waals surface area contributed by atoms with Crippen LogP contribution in [-0.4, -0.2) is 42.6 Å². The summed E-state index contributed by atoms with van der Waals surface area (Å²) < 4.78 is 5.72. The Morgan fingerprint density at radius 3 is 3.15 bits per heavy atom. The van der Waals surface area contributed by atoms with Crippen molar-refractivity contribution in [2.24, 2.45) is 5.92 Å². The Balaban J connectivity index is 1.65. The van der Waals surface area contributed by atoms with Gasteiger partial charge in [0.25, 0.3) is 5.91 Å². The number of nitrogens with zero attached hydrogens (tertiary/aromatic N) is 1. The van der Waals surface area contributed by atoms with E-state index in [2.05, 4.69) is 5.32 Å². The quantitative estimate of drug-likeness (QED) is 0.926. The minimum Gasteiger partial charge on any atom is -0.481 e. The zero-order chi connectivity index (χ0) is 14.1. The molecule has 5 heteroatoms. The van der Waals surface area contributed by atoms with Crippen molar-refractivity contribution in [3.63, 3.8) is 0 Å². The Kier molecular flexibility index (Phi) is 3.85. The van der Waals surface area contributed by atoms with Crippen molar-refractivity contribution >= 4 is 17.5 Å². The molecule has 1 aromatic rings. The van der Waals surface area contributed by atoms with Crippen molar-refractivity contribution in [3.8, 4) is 5.75 Å². The summed E-state index contributed by atoms with van der Waals surface area (Å²) in [5.41, 5.74) is 0. The normalized spacial score (nSPS) is 26.4. The van der Waals surface area contributed by atoms with Crippen molar-refractivity contribution in [1.29, 1.82) is 0 Å². The van der Waals surface area contributed by atoms with E-state index in [1.807, 2.05) is 17.0 Å². The lowest BCUT2D eigenvalue weighted by Gasteiger charge is -2.26. The molecule has 20 heavy (non-hydrogen) atoms. The summed E-state index contributed by atoms with van der Waals surface area (Å²) in [7, 11) is 0. The number of carbonyl (C=O) groups is 1. The van der Waals surface area contributed by atoms with Gasteiger partial charge in [-0.3, -0.25) is 4.79 Å². The highest BCUT2D eigenvalue weighted by Gasteiger charge is 2.41.